The van der Waals surface area contributed by atoms with Crippen LogP contribution in [0.1, 0.15) is 28.9 Å². The maximum atomic E-state index is 11.8. The summed E-state index contributed by atoms with van der Waals surface area (Å²) in [7, 11) is 0. The molecular formula is C10H16N4O. The molecule has 82 valence electrons. The molecule has 0 spiro atoms. The molecule has 0 aliphatic carbocycles. The number of carbonyl (C=O) groups is 1. The summed E-state index contributed by atoms with van der Waals surface area (Å²) < 4.78 is 0. The number of aromatic amines is 1. The summed E-state index contributed by atoms with van der Waals surface area (Å²) in [5.41, 5.74) is 1.46. The molecule has 1 aliphatic heterocycles. The number of hydrogen-bond acceptors (Lipinski definition) is 3. The number of hydrogen-bond donors (Lipinski definition) is 3. The maximum absolute atomic E-state index is 11.8. The fraction of sp³-hybridized carbons (Fsp3) is 0.600. The lowest BCUT2D eigenvalue weighted by molar-refractivity contribution is 0.0930. The van der Waals surface area contributed by atoms with Gasteiger partial charge in [-0.1, -0.05) is 0 Å². The van der Waals surface area contributed by atoms with Gasteiger partial charge < -0.3 is 10.6 Å². The van der Waals surface area contributed by atoms with E-state index in [-0.39, 0.29) is 11.9 Å². The molecule has 1 saturated heterocycles. The zero-order chi connectivity index (χ0) is 10.7. The molecule has 15 heavy (non-hydrogen) atoms. The van der Waals surface area contributed by atoms with Crippen LogP contribution in [0.15, 0.2) is 6.20 Å². The van der Waals surface area contributed by atoms with Crippen LogP contribution in [0.4, 0.5) is 0 Å². The number of carbonyl (C=O) groups excluding carboxylic acids is 1. The predicted molar refractivity (Wildman–Crippen MR) is 56.7 cm³/mol. The van der Waals surface area contributed by atoms with Gasteiger partial charge in [-0.3, -0.25) is 9.89 Å². The Balaban J connectivity index is 1.94. The Bertz CT molecular complexity index is 341. The minimum absolute atomic E-state index is 0.0325. The van der Waals surface area contributed by atoms with Gasteiger partial charge in [0.1, 0.15) is 0 Å². The Morgan fingerprint density at radius 3 is 3.13 bits per heavy atom. The van der Waals surface area contributed by atoms with E-state index < -0.39 is 0 Å². The summed E-state index contributed by atoms with van der Waals surface area (Å²) >= 11 is 0. The molecule has 1 aromatic heterocycles. The van der Waals surface area contributed by atoms with Gasteiger partial charge >= 0.3 is 0 Å². The van der Waals surface area contributed by atoms with Crippen molar-refractivity contribution in [2.24, 2.45) is 0 Å². The van der Waals surface area contributed by atoms with Crippen molar-refractivity contribution in [3.63, 3.8) is 0 Å². The SMILES string of the molecule is Cc1[nH]ncc1C(=O)N[C@H]1CCCNC1. The standard InChI is InChI=1S/C10H16N4O/c1-7-9(6-12-14-7)10(15)13-8-3-2-4-11-5-8/h6,8,11H,2-5H2,1H3,(H,12,14)(H,13,15)/t8-/m0/s1. The summed E-state index contributed by atoms with van der Waals surface area (Å²) in [6.07, 6.45) is 3.74. The molecule has 1 amide bonds. The number of nitrogens with zero attached hydrogens (tertiary/aromatic N) is 1. The average Bonchev–Trinajstić information content (AvgIpc) is 2.66. The fourth-order valence-corrected chi connectivity index (χ4v) is 1.82. The summed E-state index contributed by atoms with van der Waals surface area (Å²) in [6.45, 7) is 3.76. The molecule has 0 radical (unpaired) electrons. The topological polar surface area (TPSA) is 69.8 Å². The molecule has 3 N–H and O–H groups in total. The molecule has 0 saturated carbocycles. The molecule has 5 nitrogen and oxygen atoms in total. The Hall–Kier alpha value is -1.36. The van der Waals surface area contributed by atoms with Gasteiger partial charge in [-0.15, -0.1) is 0 Å². The molecule has 1 aromatic rings. The number of piperidine rings is 1. The second-order valence-electron chi connectivity index (χ2n) is 3.93. The highest BCUT2D eigenvalue weighted by Crippen LogP contribution is 2.06. The maximum Gasteiger partial charge on any atom is 0.254 e. The third kappa shape index (κ3) is 2.36. The minimum atomic E-state index is -0.0325. The molecule has 5 heteroatoms. The van der Waals surface area contributed by atoms with Gasteiger partial charge in [0, 0.05) is 18.3 Å². The number of H-pyrrole nitrogens is 1. The van der Waals surface area contributed by atoms with E-state index in [1.807, 2.05) is 6.92 Å². The van der Waals surface area contributed by atoms with Crippen LogP contribution in [0.25, 0.3) is 0 Å². The lowest BCUT2D eigenvalue weighted by atomic mass is 10.1. The van der Waals surface area contributed by atoms with Crippen LogP contribution in [-0.4, -0.2) is 35.2 Å². The molecular weight excluding hydrogens is 192 g/mol. The van der Waals surface area contributed by atoms with Crippen LogP contribution in [0, 0.1) is 6.92 Å². The Morgan fingerprint density at radius 1 is 1.67 bits per heavy atom. The second-order valence-corrected chi connectivity index (χ2v) is 3.93. The van der Waals surface area contributed by atoms with Crippen LogP contribution in [-0.2, 0) is 0 Å². The Kier molecular flexibility index (Phi) is 3.01. The molecule has 1 fully saturated rings. The van der Waals surface area contributed by atoms with Crippen molar-refractivity contribution in [3.8, 4) is 0 Å². The number of amides is 1. The van der Waals surface area contributed by atoms with Gasteiger partial charge in [-0.25, -0.2) is 0 Å². The number of nitrogens with one attached hydrogen (secondary N) is 3. The van der Waals surface area contributed by atoms with Crippen molar-refractivity contribution in [1.82, 2.24) is 20.8 Å². The molecule has 1 atom stereocenters. The van der Waals surface area contributed by atoms with Crippen molar-refractivity contribution in [2.45, 2.75) is 25.8 Å². The van der Waals surface area contributed by atoms with Gasteiger partial charge in [-0.05, 0) is 26.3 Å². The predicted octanol–water partition coefficient (Wildman–Crippen LogP) is 0.200. The lowest BCUT2D eigenvalue weighted by Gasteiger charge is -2.23. The highest BCUT2D eigenvalue weighted by Gasteiger charge is 2.17. The normalized spacial score (nSPS) is 21.3. The van der Waals surface area contributed by atoms with Crippen LogP contribution in [0.2, 0.25) is 0 Å². The van der Waals surface area contributed by atoms with Crippen LogP contribution in [0.3, 0.4) is 0 Å². The van der Waals surface area contributed by atoms with E-state index in [4.69, 9.17) is 0 Å². The largest absolute Gasteiger partial charge is 0.348 e. The summed E-state index contributed by atoms with van der Waals surface area (Å²) in [4.78, 5) is 11.8. The van der Waals surface area contributed by atoms with Crippen LogP contribution in [0.5, 0.6) is 0 Å². The monoisotopic (exact) mass is 208 g/mol. The summed E-state index contributed by atoms with van der Waals surface area (Å²) in [6, 6.07) is 0.251. The smallest absolute Gasteiger partial charge is 0.254 e. The van der Waals surface area contributed by atoms with Gasteiger partial charge in [0.25, 0.3) is 5.91 Å². The van der Waals surface area contributed by atoms with E-state index in [0.717, 1.165) is 31.6 Å². The van der Waals surface area contributed by atoms with Gasteiger partial charge in [0.2, 0.25) is 0 Å². The van der Waals surface area contributed by atoms with Crippen molar-refractivity contribution in [1.29, 1.82) is 0 Å². The summed E-state index contributed by atoms with van der Waals surface area (Å²) in [5, 5.41) is 12.9. The molecule has 0 bridgehead atoms. The van der Waals surface area contributed by atoms with Crippen molar-refractivity contribution < 1.29 is 4.79 Å². The second kappa shape index (κ2) is 4.44. The minimum Gasteiger partial charge on any atom is -0.348 e. The zero-order valence-corrected chi connectivity index (χ0v) is 8.84. The molecule has 0 unspecified atom stereocenters. The van der Waals surface area contributed by atoms with E-state index in [9.17, 15) is 4.79 Å². The summed E-state index contributed by atoms with van der Waals surface area (Å²) in [5.74, 6) is -0.0325. The third-order valence-corrected chi connectivity index (χ3v) is 2.71. The highest BCUT2D eigenvalue weighted by molar-refractivity contribution is 5.95. The number of rotatable bonds is 2. The van der Waals surface area contributed by atoms with Gasteiger partial charge in [0.15, 0.2) is 0 Å². The molecule has 2 heterocycles. The molecule has 2 rings (SSSR count). The first kappa shape index (κ1) is 10.2. The molecule has 0 aromatic carbocycles. The van der Waals surface area contributed by atoms with E-state index in [1.165, 1.54) is 0 Å². The van der Waals surface area contributed by atoms with Gasteiger partial charge in [-0.2, -0.15) is 5.10 Å². The first-order valence-corrected chi connectivity index (χ1v) is 5.29. The van der Waals surface area contributed by atoms with Crippen molar-refractivity contribution in [3.05, 3.63) is 17.5 Å². The van der Waals surface area contributed by atoms with Crippen molar-refractivity contribution >= 4 is 5.91 Å². The first-order chi connectivity index (χ1) is 7.27. The third-order valence-electron chi connectivity index (χ3n) is 2.71. The van der Waals surface area contributed by atoms with Gasteiger partial charge in [0.05, 0.1) is 11.8 Å². The quantitative estimate of drug-likeness (QED) is 0.650. The first-order valence-electron chi connectivity index (χ1n) is 5.29. The number of aromatic nitrogens is 2. The van der Waals surface area contributed by atoms with E-state index in [2.05, 4.69) is 20.8 Å². The van der Waals surface area contributed by atoms with Crippen molar-refractivity contribution in [2.75, 3.05) is 13.1 Å². The van der Waals surface area contributed by atoms with Crippen LogP contribution < -0.4 is 10.6 Å². The van der Waals surface area contributed by atoms with Crippen LogP contribution >= 0.6 is 0 Å². The Labute approximate surface area is 88.6 Å². The molecule has 1 aliphatic rings. The van der Waals surface area contributed by atoms with E-state index >= 15 is 0 Å². The van der Waals surface area contributed by atoms with E-state index in [0.29, 0.717) is 5.56 Å². The van der Waals surface area contributed by atoms with E-state index in [1.54, 1.807) is 6.20 Å². The Morgan fingerprint density at radius 2 is 2.53 bits per heavy atom. The average molecular weight is 208 g/mol. The highest BCUT2D eigenvalue weighted by atomic mass is 16.1. The zero-order valence-electron chi connectivity index (χ0n) is 8.84. The fourth-order valence-electron chi connectivity index (χ4n) is 1.82. The lowest BCUT2D eigenvalue weighted by Crippen LogP contribution is -2.45. The number of aryl methyl sites for hydroxylation is 1.